The maximum absolute atomic E-state index is 12.0. The summed E-state index contributed by atoms with van der Waals surface area (Å²) in [7, 11) is 5.46. The summed E-state index contributed by atoms with van der Waals surface area (Å²) in [5.41, 5.74) is 2.19. The molecule has 1 heterocycles. The van der Waals surface area contributed by atoms with E-state index in [0.717, 1.165) is 23.3 Å². The molecule has 1 N–H and O–H groups in total. The molecule has 6 heteroatoms. The molecule has 6 nitrogen and oxygen atoms in total. The van der Waals surface area contributed by atoms with Crippen LogP contribution in [0.25, 0.3) is 0 Å². The van der Waals surface area contributed by atoms with E-state index in [9.17, 15) is 4.79 Å². The molecule has 0 unspecified atom stereocenters. The van der Waals surface area contributed by atoms with Gasteiger partial charge in [0, 0.05) is 31.9 Å². The Hall–Kier alpha value is -2.34. The number of carbonyl (C=O) groups is 1. The Balaban J connectivity index is 1.72. The number of ether oxygens (including phenoxy) is 1. The van der Waals surface area contributed by atoms with Crippen molar-refractivity contribution in [3.8, 4) is 5.75 Å². The molecule has 1 aromatic heterocycles. The minimum absolute atomic E-state index is 0.0197. The summed E-state index contributed by atoms with van der Waals surface area (Å²) < 4.78 is 7.07. The van der Waals surface area contributed by atoms with E-state index in [1.807, 2.05) is 55.7 Å². The first-order valence-corrected chi connectivity index (χ1v) is 7.63. The van der Waals surface area contributed by atoms with Gasteiger partial charge in [-0.05, 0) is 25.1 Å². The molecule has 0 fully saturated rings. The zero-order valence-corrected chi connectivity index (χ0v) is 14.0. The number of hydrogen-bond acceptors (Lipinski definition) is 4. The molecule has 0 aliphatic carbocycles. The number of nitrogens with one attached hydrogen (secondary N) is 1. The van der Waals surface area contributed by atoms with Crippen molar-refractivity contribution < 1.29 is 9.53 Å². The molecule has 1 aromatic carbocycles. The third kappa shape index (κ3) is 5.41. The molecular weight excluding hydrogens is 292 g/mol. The van der Waals surface area contributed by atoms with Gasteiger partial charge >= 0.3 is 0 Å². The molecule has 0 saturated heterocycles. The first-order valence-electron chi connectivity index (χ1n) is 7.63. The lowest BCUT2D eigenvalue weighted by Gasteiger charge is -2.15. The predicted molar refractivity (Wildman–Crippen MR) is 89.2 cm³/mol. The van der Waals surface area contributed by atoms with Crippen molar-refractivity contribution in [2.75, 3.05) is 27.2 Å². The number of hydrogen-bond donors (Lipinski definition) is 1. The Morgan fingerprint density at radius 2 is 2.17 bits per heavy atom. The number of para-hydroxylation sites is 1. The third-order valence-corrected chi connectivity index (χ3v) is 3.53. The fraction of sp³-hybridized carbons (Fsp3) is 0.412. The normalized spacial score (nSPS) is 10.8. The monoisotopic (exact) mass is 316 g/mol. The van der Waals surface area contributed by atoms with Crippen molar-refractivity contribution in [2.24, 2.45) is 7.05 Å². The van der Waals surface area contributed by atoms with E-state index in [1.165, 1.54) is 0 Å². The van der Waals surface area contributed by atoms with E-state index in [2.05, 4.69) is 10.4 Å². The first-order chi connectivity index (χ1) is 11.1. The van der Waals surface area contributed by atoms with E-state index in [4.69, 9.17) is 4.74 Å². The van der Waals surface area contributed by atoms with Crippen LogP contribution in [0.1, 0.15) is 11.1 Å². The fourth-order valence-corrected chi connectivity index (χ4v) is 2.47. The van der Waals surface area contributed by atoms with Crippen LogP contribution in [0, 0.1) is 0 Å². The van der Waals surface area contributed by atoms with Gasteiger partial charge < -0.3 is 10.1 Å². The Kier molecular flexibility index (Phi) is 6.17. The molecule has 1 amide bonds. The highest BCUT2D eigenvalue weighted by molar-refractivity contribution is 5.77. The number of aromatic nitrogens is 2. The summed E-state index contributed by atoms with van der Waals surface area (Å²) in [5, 5.41) is 7.07. The van der Waals surface area contributed by atoms with Gasteiger partial charge in [-0.25, -0.2) is 0 Å². The zero-order valence-electron chi connectivity index (χ0n) is 14.0. The second-order valence-corrected chi connectivity index (χ2v) is 5.61. The van der Waals surface area contributed by atoms with E-state index in [-0.39, 0.29) is 5.91 Å². The zero-order chi connectivity index (χ0) is 16.7. The lowest BCUT2D eigenvalue weighted by atomic mass is 10.1. The fourth-order valence-electron chi connectivity index (χ4n) is 2.47. The second kappa shape index (κ2) is 8.33. The highest BCUT2D eigenvalue weighted by Crippen LogP contribution is 2.17. The van der Waals surface area contributed by atoms with Crippen molar-refractivity contribution in [3.63, 3.8) is 0 Å². The predicted octanol–water partition coefficient (Wildman–Crippen LogP) is 1.22. The quantitative estimate of drug-likeness (QED) is 0.795. The standard InChI is InChI=1S/C17H24N4O2/c1-20(11-14-10-19-21(2)12-14)13-17(22)18-9-8-15-6-4-5-7-16(15)23-3/h4-7,10,12H,8-9,11,13H2,1-3H3,(H,18,22). The number of amides is 1. The molecule has 0 aliphatic rings. The van der Waals surface area contributed by atoms with E-state index in [1.54, 1.807) is 11.8 Å². The topological polar surface area (TPSA) is 59.4 Å². The van der Waals surface area contributed by atoms with E-state index < -0.39 is 0 Å². The molecule has 0 spiro atoms. The Morgan fingerprint density at radius 1 is 1.39 bits per heavy atom. The molecule has 2 rings (SSSR count). The molecule has 0 bridgehead atoms. The van der Waals surface area contributed by atoms with Gasteiger partial charge in [-0.3, -0.25) is 14.4 Å². The van der Waals surface area contributed by atoms with E-state index in [0.29, 0.717) is 19.6 Å². The van der Waals surface area contributed by atoms with Crippen LogP contribution in [-0.4, -0.2) is 47.8 Å². The summed E-state index contributed by atoms with van der Waals surface area (Å²) in [6, 6.07) is 7.86. The highest BCUT2D eigenvalue weighted by atomic mass is 16.5. The van der Waals surface area contributed by atoms with Gasteiger partial charge in [0.1, 0.15) is 5.75 Å². The number of benzene rings is 1. The number of carbonyl (C=O) groups excluding carboxylic acids is 1. The van der Waals surface area contributed by atoms with Gasteiger partial charge in [-0.15, -0.1) is 0 Å². The molecule has 124 valence electrons. The number of rotatable bonds is 8. The van der Waals surface area contributed by atoms with Crippen LogP contribution in [0.2, 0.25) is 0 Å². The van der Waals surface area contributed by atoms with Gasteiger partial charge in [-0.2, -0.15) is 5.10 Å². The first kappa shape index (κ1) is 17.0. The van der Waals surface area contributed by atoms with Crippen LogP contribution in [0.15, 0.2) is 36.7 Å². The van der Waals surface area contributed by atoms with Crippen LogP contribution in [0.5, 0.6) is 5.75 Å². The maximum Gasteiger partial charge on any atom is 0.234 e. The number of methoxy groups -OCH3 is 1. The van der Waals surface area contributed by atoms with Gasteiger partial charge in [-0.1, -0.05) is 18.2 Å². The Bertz CT molecular complexity index is 639. The van der Waals surface area contributed by atoms with Gasteiger partial charge in [0.15, 0.2) is 0 Å². The largest absolute Gasteiger partial charge is 0.496 e. The summed E-state index contributed by atoms with van der Waals surface area (Å²) in [4.78, 5) is 14.0. The minimum Gasteiger partial charge on any atom is -0.496 e. The van der Waals surface area contributed by atoms with Crippen molar-refractivity contribution in [2.45, 2.75) is 13.0 Å². The second-order valence-electron chi connectivity index (χ2n) is 5.61. The van der Waals surface area contributed by atoms with Crippen molar-refractivity contribution in [3.05, 3.63) is 47.8 Å². The number of nitrogens with zero attached hydrogens (tertiary/aromatic N) is 3. The lowest BCUT2D eigenvalue weighted by molar-refractivity contribution is -0.122. The SMILES string of the molecule is COc1ccccc1CCNC(=O)CN(C)Cc1cnn(C)c1. The number of aryl methyl sites for hydroxylation is 1. The minimum atomic E-state index is 0.0197. The van der Waals surface area contributed by atoms with Crippen molar-refractivity contribution in [1.29, 1.82) is 0 Å². The third-order valence-electron chi connectivity index (χ3n) is 3.53. The summed E-state index contributed by atoms with van der Waals surface area (Å²) in [6.07, 6.45) is 4.52. The summed E-state index contributed by atoms with van der Waals surface area (Å²) in [5.74, 6) is 0.877. The van der Waals surface area contributed by atoms with Crippen molar-refractivity contribution >= 4 is 5.91 Å². The van der Waals surface area contributed by atoms with E-state index >= 15 is 0 Å². The maximum atomic E-state index is 12.0. The van der Waals surface area contributed by atoms with Crippen molar-refractivity contribution in [1.82, 2.24) is 20.0 Å². The molecule has 2 aromatic rings. The Morgan fingerprint density at radius 3 is 2.87 bits per heavy atom. The average Bonchev–Trinajstić information content (AvgIpc) is 2.92. The van der Waals surface area contributed by atoms with Gasteiger partial charge in [0.05, 0.1) is 19.9 Å². The van der Waals surface area contributed by atoms with Crippen LogP contribution >= 0.6 is 0 Å². The molecular formula is C17H24N4O2. The van der Waals surface area contributed by atoms with Crippen LogP contribution in [-0.2, 0) is 24.8 Å². The summed E-state index contributed by atoms with van der Waals surface area (Å²) in [6.45, 7) is 1.66. The average molecular weight is 316 g/mol. The van der Waals surface area contributed by atoms with Crippen LogP contribution in [0.3, 0.4) is 0 Å². The Labute approximate surface area is 137 Å². The van der Waals surface area contributed by atoms with Crippen LogP contribution in [0.4, 0.5) is 0 Å². The highest BCUT2D eigenvalue weighted by Gasteiger charge is 2.08. The molecule has 23 heavy (non-hydrogen) atoms. The van der Waals surface area contributed by atoms with Gasteiger partial charge in [0.25, 0.3) is 0 Å². The molecule has 0 aliphatic heterocycles. The molecule has 0 atom stereocenters. The van der Waals surface area contributed by atoms with Gasteiger partial charge in [0.2, 0.25) is 5.91 Å². The van der Waals surface area contributed by atoms with Crippen LogP contribution < -0.4 is 10.1 Å². The number of likely N-dealkylation sites (N-methyl/N-ethyl adjacent to an activating group) is 1. The molecule has 0 saturated carbocycles. The molecule has 0 radical (unpaired) electrons. The summed E-state index contributed by atoms with van der Waals surface area (Å²) >= 11 is 0. The smallest absolute Gasteiger partial charge is 0.234 e. The lowest BCUT2D eigenvalue weighted by Crippen LogP contribution is -2.35.